The second-order valence-electron chi connectivity index (χ2n) is 7.77. The first-order valence-electron chi connectivity index (χ1n) is 10.8. The number of methoxy groups -OCH3 is 2. The summed E-state index contributed by atoms with van der Waals surface area (Å²) >= 11 is 0. The first-order chi connectivity index (χ1) is 16.7. The van der Waals surface area contributed by atoms with Crippen LogP contribution in [0.25, 0.3) is 22.4 Å². The van der Waals surface area contributed by atoms with Gasteiger partial charge in [-0.25, -0.2) is 0 Å². The van der Waals surface area contributed by atoms with E-state index < -0.39 is 0 Å². The van der Waals surface area contributed by atoms with Gasteiger partial charge in [0.05, 0.1) is 31.2 Å². The van der Waals surface area contributed by atoms with Gasteiger partial charge < -0.3 is 20.1 Å². The third-order valence-corrected chi connectivity index (χ3v) is 5.73. The topological polar surface area (TPSA) is 72.5 Å². The minimum Gasteiger partial charge on any atom is -0.493 e. The highest BCUT2D eigenvalue weighted by Gasteiger charge is 2.30. The number of carbonyl (C=O) groups excluding carboxylic acids is 1. The lowest BCUT2D eigenvalue weighted by molar-refractivity contribution is -0.110. The fourth-order valence-corrected chi connectivity index (χ4v) is 4.05. The number of fused-ring (bicyclic) bond motifs is 1. The van der Waals surface area contributed by atoms with Crippen LogP contribution in [0.2, 0.25) is 0 Å². The number of carbonyl (C=O) groups is 1. The number of pyridine rings is 1. The zero-order valence-electron chi connectivity index (χ0n) is 18.8. The van der Waals surface area contributed by atoms with Crippen molar-refractivity contribution in [3.63, 3.8) is 0 Å². The number of ether oxygens (including phenoxy) is 2. The minimum atomic E-state index is -0.191. The normalized spacial score (nSPS) is 13.6. The molecule has 1 aromatic heterocycles. The summed E-state index contributed by atoms with van der Waals surface area (Å²) in [5, 5.41) is 6.45. The van der Waals surface area contributed by atoms with Crippen LogP contribution in [0.5, 0.6) is 11.5 Å². The molecule has 0 spiro atoms. The second kappa shape index (κ2) is 9.11. The van der Waals surface area contributed by atoms with E-state index in [0.29, 0.717) is 28.5 Å². The number of hydrogen-bond acceptors (Lipinski definition) is 5. The number of nitrogens with zero attached hydrogens (tertiary/aromatic N) is 1. The molecule has 5 rings (SSSR count). The Kier molecular flexibility index (Phi) is 5.70. The molecular formula is C28H23N3O3. The van der Waals surface area contributed by atoms with Gasteiger partial charge >= 0.3 is 0 Å². The molecule has 2 N–H and O–H groups in total. The Labute approximate surface area is 197 Å². The molecule has 6 nitrogen and oxygen atoms in total. The van der Waals surface area contributed by atoms with E-state index in [4.69, 9.17) is 9.47 Å². The number of hydrogen-bond donors (Lipinski definition) is 2. The predicted molar refractivity (Wildman–Crippen MR) is 135 cm³/mol. The van der Waals surface area contributed by atoms with Gasteiger partial charge in [-0.1, -0.05) is 48.5 Å². The first kappa shape index (κ1) is 21.3. The van der Waals surface area contributed by atoms with Crippen LogP contribution in [0.1, 0.15) is 11.1 Å². The third-order valence-electron chi connectivity index (χ3n) is 5.73. The van der Waals surface area contributed by atoms with Crippen molar-refractivity contribution in [2.75, 3.05) is 24.9 Å². The average Bonchev–Trinajstić information content (AvgIpc) is 3.22. The van der Waals surface area contributed by atoms with E-state index in [9.17, 15) is 4.79 Å². The standard InChI is InChI=1S/C28H23N3O3/c1-33-24-15-22-23(16-25(24)34-2)31-28(32)26(22)27(19-7-4-3-5-8-19)30-21-12-10-18(11-13-21)20-9-6-14-29-17-20/h3-17,30H,1-2H3,(H,31,32)/b27-26-. The summed E-state index contributed by atoms with van der Waals surface area (Å²) in [6.45, 7) is 0. The quantitative estimate of drug-likeness (QED) is 0.370. The molecule has 0 fully saturated rings. The lowest BCUT2D eigenvalue weighted by Crippen LogP contribution is -2.10. The molecule has 3 aromatic carbocycles. The SMILES string of the molecule is COc1cc2c(cc1OC)/C(=C(/Nc1ccc(-c3cccnc3)cc1)c1ccccc1)C(=O)N2. The molecule has 2 heterocycles. The summed E-state index contributed by atoms with van der Waals surface area (Å²) in [6, 6.07) is 25.4. The van der Waals surface area contributed by atoms with Crippen molar-refractivity contribution in [2.24, 2.45) is 0 Å². The molecule has 34 heavy (non-hydrogen) atoms. The molecule has 0 saturated heterocycles. The molecule has 4 aromatic rings. The number of amides is 1. The van der Waals surface area contributed by atoms with Crippen LogP contribution in [0, 0.1) is 0 Å². The summed E-state index contributed by atoms with van der Waals surface area (Å²) in [7, 11) is 3.15. The van der Waals surface area contributed by atoms with Gasteiger partial charge in [-0.2, -0.15) is 0 Å². The van der Waals surface area contributed by atoms with Crippen LogP contribution in [0.15, 0.2) is 91.3 Å². The van der Waals surface area contributed by atoms with Crippen molar-refractivity contribution in [3.8, 4) is 22.6 Å². The van der Waals surface area contributed by atoms with Crippen molar-refractivity contribution in [1.82, 2.24) is 4.98 Å². The highest BCUT2D eigenvalue weighted by Crippen LogP contribution is 2.43. The second-order valence-corrected chi connectivity index (χ2v) is 7.77. The molecule has 6 heteroatoms. The molecule has 0 aliphatic carbocycles. The molecule has 0 atom stereocenters. The van der Waals surface area contributed by atoms with Crippen LogP contribution in [-0.2, 0) is 4.79 Å². The Bertz CT molecular complexity index is 1370. The number of benzene rings is 3. The van der Waals surface area contributed by atoms with E-state index in [1.165, 1.54) is 0 Å². The van der Waals surface area contributed by atoms with Crippen LogP contribution >= 0.6 is 0 Å². The molecule has 0 radical (unpaired) electrons. The van der Waals surface area contributed by atoms with Crippen molar-refractivity contribution in [3.05, 3.63) is 102 Å². The van der Waals surface area contributed by atoms with Crippen molar-refractivity contribution in [2.45, 2.75) is 0 Å². The summed E-state index contributed by atoms with van der Waals surface area (Å²) in [6.07, 6.45) is 3.59. The van der Waals surface area contributed by atoms with Gasteiger partial charge in [0.1, 0.15) is 0 Å². The molecule has 0 saturated carbocycles. The Hall–Kier alpha value is -4.58. The third kappa shape index (κ3) is 3.97. The largest absolute Gasteiger partial charge is 0.493 e. The van der Waals surface area contributed by atoms with E-state index in [0.717, 1.165) is 27.9 Å². The molecule has 1 aliphatic heterocycles. The van der Waals surface area contributed by atoms with Crippen LogP contribution < -0.4 is 20.1 Å². The Morgan fingerprint density at radius 3 is 2.26 bits per heavy atom. The number of anilines is 2. The maximum absolute atomic E-state index is 13.2. The fraction of sp³-hybridized carbons (Fsp3) is 0.0714. The fourth-order valence-electron chi connectivity index (χ4n) is 4.05. The van der Waals surface area contributed by atoms with Crippen LogP contribution in [0.4, 0.5) is 11.4 Å². The minimum absolute atomic E-state index is 0.191. The van der Waals surface area contributed by atoms with Crippen molar-refractivity contribution in [1.29, 1.82) is 0 Å². The monoisotopic (exact) mass is 449 g/mol. The zero-order valence-corrected chi connectivity index (χ0v) is 18.8. The lowest BCUT2D eigenvalue weighted by Gasteiger charge is -2.16. The predicted octanol–water partition coefficient (Wildman–Crippen LogP) is 5.70. The maximum Gasteiger partial charge on any atom is 0.258 e. The highest BCUT2D eigenvalue weighted by molar-refractivity contribution is 6.37. The molecule has 0 unspecified atom stereocenters. The maximum atomic E-state index is 13.2. The Morgan fingerprint density at radius 2 is 1.59 bits per heavy atom. The van der Waals surface area contributed by atoms with Crippen molar-refractivity contribution >= 4 is 28.6 Å². The first-order valence-corrected chi connectivity index (χ1v) is 10.8. The summed E-state index contributed by atoms with van der Waals surface area (Å²) in [5.41, 5.74) is 6.54. The number of aromatic nitrogens is 1. The Balaban J connectivity index is 1.60. The van der Waals surface area contributed by atoms with Crippen molar-refractivity contribution < 1.29 is 14.3 Å². The van der Waals surface area contributed by atoms with E-state index in [1.807, 2.05) is 79.0 Å². The molecule has 168 valence electrons. The summed E-state index contributed by atoms with van der Waals surface area (Å²) in [5.74, 6) is 0.926. The highest BCUT2D eigenvalue weighted by atomic mass is 16.5. The van der Waals surface area contributed by atoms with Gasteiger partial charge in [0.2, 0.25) is 0 Å². The number of nitrogens with one attached hydrogen (secondary N) is 2. The van der Waals surface area contributed by atoms with E-state index in [-0.39, 0.29) is 5.91 Å². The van der Waals surface area contributed by atoms with Gasteiger partial charge in [-0.05, 0) is 41.0 Å². The molecule has 1 aliphatic rings. The van der Waals surface area contributed by atoms with Gasteiger partial charge in [-0.15, -0.1) is 0 Å². The molecule has 1 amide bonds. The van der Waals surface area contributed by atoms with E-state index in [1.54, 1.807) is 26.5 Å². The van der Waals surface area contributed by atoms with Gasteiger partial charge in [0.15, 0.2) is 11.5 Å². The van der Waals surface area contributed by atoms with Gasteiger partial charge in [0.25, 0.3) is 5.91 Å². The lowest BCUT2D eigenvalue weighted by atomic mass is 9.99. The zero-order chi connectivity index (χ0) is 23.5. The average molecular weight is 450 g/mol. The molecular weight excluding hydrogens is 426 g/mol. The summed E-state index contributed by atoms with van der Waals surface area (Å²) in [4.78, 5) is 17.4. The van der Waals surface area contributed by atoms with Crippen LogP contribution in [0.3, 0.4) is 0 Å². The van der Waals surface area contributed by atoms with E-state index in [2.05, 4.69) is 15.6 Å². The summed E-state index contributed by atoms with van der Waals surface area (Å²) < 4.78 is 10.9. The van der Waals surface area contributed by atoms with E-state index >= 15 is 0 Å². The van der Waals surface area contributed by atoms with Gasteiger partial charge in [-0.3, -0.25) is 9.78 Å². The molecule has 0 bridgehead atoms. The van der Waals surface area contributed by atoms with Crippen LogP contribution in [-0.4, -0.2) is 25.1 Å². The smallest absolute Gasteiger partial charge is 0.258 e. The Morgan fingerprint density at radius 1 is 0.853 bits per heavy atom. The number of rotatable bonds is 6. The van der Waals surface area contributed by atoms with Gasteiger partial charge in [0, 0.05) is 29.7 Å².